The van der Waals surface area contributed by atoms with E-state index >= 15 is 0 Å². The summed E-state index contributed by atoms with van der Waals surface area (Å²) in [5.41, 5.74) is -0.284. The summed E-state index contributed by atoms with van der Waals surface area (Å²) in [5.74, 6) is -2.85. The minimum atomic E-state index is -1.12. The first-order valence-corrected chi connectivity index (χ1v) is 14.3. The maximum absolute atomic E-state index is 14.0. The average molecular weight is 624 g/mol. The Kier molecular flexibility index (Phi) is 7.61. The highest BCUT2D eigenvalue weighted by Crippen LogP contribution is 2.56. The zero-order chi connectivity index (χ0) is 32.3. The molecule has 0 saturated heterocycles. The number of hydrogen-bond donors (Lipinski definition) is 1. The standard InChI is InChI=1S/C31H30ClN3O9/c1-30(2)11-20-28(22(36)13-30)27(29-21(33(20)15-26(38)39)12-31(3,4)14-23(29)37)18-9-16(32)5-7-24(18)44-25-8-6-17(34(40)41)10-19(25)35(42)43/h5-10,27H,11-15H2,1-4H3,(H,38,39). The second-order valence-corrected chi connectivity index (χ2v) is 13.4. The largest absolute Gasteiger partial charge is 0.480 e. The van der Waals surface area contributed by atoms with Gasteiger partial charge in [0.25, 0.3) is 5.69 Å². The van der Waals surface area contributed by atoms with Gasteiger partial charge in [-0.1, -0.05) is 39.3 Å². The molecule has 2 aromatic carbocycles. The number of rotatable bonds is 7. The van der Waals surface area contributed by atoms with Crippen molar-refractivity contribution in [3.8, 4) is 11.5 Å². The van der Waals surface area contributed by atoms with Gasteiger partial charge in [0.2, 0.25) is 5.75 Å². The number of carbonyl (C=O) groups is 3. The molecular formula is C31H30ClN3O9. The number of benzene rings is 2. The number of carboxylic acid groups (broad SMARTS) is 1. The second-order valence-electron chi connectivity index (χ2n) is 13.0. The van der Waals surface area contributed by atoms with Crippen LogP contribution in [0.5, 0.6) is 11.5 Å². The van der Waals surface area contributed by atoms with Gasteiger partial charge in [-0.2, -0.15) is 0 Å². The van der Waals surface area contributed by atoms with Crippen LogP contribution in [-0.2, 0) is 14.4 Å². The maximum atomic E-state index is 14.0. The van der Waals surface area contributed by atoms with Crippen molar-refractivity contribution >= 4 is 40.5 Å². The number of carbonyl (C=O) groups excluding carboxylic acids is 2. The Balaban J connectivity index is 1.77. The Morgan fingerprint density at radius 2 is 1.45 bits per heavy atom. The molecule has 0 bridgehead atoms. The Labute approximate surface area is 257 Å². The van der Waals surface area contributed by atoms with Gasteiger partial charge in [0, 0.05) is 58.0 Å². The van der Waals surface area contributed by atoms with Crippen molar-refractivity contribution < 1.29 is 34.1 Å². The van der Waals surface area contributed by atoms with Gasteiger partial charge in [0.05, 0.1) is 15.9 Å². The topological polar surface area (TPSA) is 170 Å². The lowest BCUT2D eigenvalue weighted by molar-refractivity contribution is -0.394. The number of aliphatic carboxylic acids is 1. The summed E-state index contributed by atoms with van der Waals surface area (Å²) in [6, 6.07) is 7.45. The molecule has 0 radical (unpaired) electrons. The summed E-state index contributed by atoms with van der Waals surface area (Å²) in [6.07, 6.45) is 1.04. The molecule has 0 fully saturated rings. The molecule has 44 heavy (non-hydrogen) atoms. The van der Waals surface area contributed by atoms with E-state index < -0.39 is 50.5 Å². The van der Waals surface area contributed by atoms with Crippen LogP contribution in [0.15, 0.2) is 58.9 Å². The SMILES string of the molecule is CC1(C)CC(=O)C2=C(C1)N(CC(=O)O)C1=C(C(=O)CC(C)(C)C1)C2c1cc(Cl)ccc1Oc1ccc([N+](=O)[O-])cc1[N+](=O)[O-]. The van der Waals surface area contributed by atoms with Crippen molar-refractivity contribution in [2.75, 3.05) is 6.54 Å². The van der Waals surface area contributed by atoms with Gasteiger partial charge in [0.1, 0.15) is 12.3 Å². The van der Waals surface area contributed by atoms with Crippen molar-refractivity contribution in [2.24, 2.45) is 10.8 Å². The molecular weight excluding hydrogens is 594 g/mol. The maximum Gasteiger partial charge on any atom is 0.323 e. The predicted octanol–water partition coefficient (Wildman–Crippen LogP) is 6.72. The molecule has 1 heterocycles. The number of Topliss-reactive ketones (excluding diaryl/α,β-unsaturated/α-hetero) is 2. The summed E-state index contributed by atoms with van der Waals surface area (Å²) in [4.78, 5) is 63.2. The molecule has 1 N–H and O–H groups in total. The molecule has 0 spiro atoms. The van der Waals surface area contributed by atoms with Crippen molar-refractivity contribution in [3.05, 3.63) is 89.8 Å². The van der Waals surface area contributed by atoms with Crippen LogP contribution in [0.25, 0.3) is 0 Å². The first-order valence-electron chi connectivity index (χ1n) is 13.9. The molecule has 0 aromatic heterocycles. The highest BCUT2D eigenvalue weighted by Gasteiger charge is 2.50. The number of carboxylic acids is 1. The molecule has 2 aliphatic carbocycles. The summed E-state index contributed by atoms with van der Waals surface area (Å²) in [5, 5.41) is 33.3. The van der Waals surface area contributed by atoms with E-state index in [4.69, 9.17) is 16.3 Å². The Hall–Kier alpha value is -4.58. The fourth-order valence-corrected chi connectivity index (χ4v) is 6.67. The van der Waals surface area contributed by atoms with Crippen LogP contribution in [0.4, 0.5) is 11.4 Å². The molecule has 5 rings (SSSR count). The number of ether oxygens (including phenoxy) is 1. The van der Waals surface area contributed by atoms with E-state index in [1.54, 1.807) is 4.90 Å². The molecule has 2 aromatic rings. The molecule has 230 valence electrons. The molecule has 0 saturated carbocycles. The zero-order valence-electron chi connectivity index (χ0n) is 24.5. The number of nitro benzene ring substituents is 2. The van der Waals surface area contributed by atoms with Gasteiger partial charge in [-0.25, -0.2) is 0 Å². The molecule has 13 heteroatoms. The van der Waals surface area contributed by atoms with Gasteiger partial charge < -0.3 is 14.7 Å². The van der Waals surface area contributed by atoms with Crippen LogP contribution in [0.2, 0.25) is 5.02 Å². The van der Waals surface area contributed by atoms with Crippen LogP contribution >= 0.6 is 11.6 Å². The van der Waals surface area contributed by atoms with E-state index in [1.807, 2.05) is 27.7 Å². The van der Waals surface area contributed by atoms with E-state index in [0.29, 0.717) is 29.8 Å². The van der Waals surface area contributed by atoms with Crippen molar-refractivity contribution in [3.63, 3.8) is 0 Å². The van der Waals surface area contributed by atoms with E-state index in [-0.39, 0.29) is 52.1 Å². The van der Waals surface area contributed by atoms with Crippen molar-refractivity contribution in [2.45, 2.75) is 59.3 Å². The monoisotopic (exact) mass is 623 g/mol. The first-order chi connectivity index (χ1) is 20.5. The van der Waals surface area contributed by atoms with E-state index in [1.165, 1.54) is 18.2 Å². The normalized spacial score (nSPS) is 19.4. The van der Waals surface area contributed by atoms with Crippen LogP contribution in [-0.4, -0.2) is 43.9 Å². The molecule has 0 amide bonds. The number of hydrogen-bond acceptors (Lipinski definition) is 9. The minimum absolute atomic E-state index is 0.0528. The van der Waals surface area contributed by atoms with Crippen molar-refractivity contribution in [1.29, 1.82) is 0 Å². The number of ketones is 2. The summed E-state index contributed by atoms with van der Waals surface area (Å²) >= 11 is 6.46. The third-order valence-electron chi connectivity index (χ3n) is 8.17. The van der Waals surface area contributed by atoms with E-state index in [2.05, 4.69) is 0 Å². The van der Waals surface area contributed by atoms with Gasteiger partial charge in [0.15, 0.2) is 11.6 Å². The molecule has 0 unspecified atom stereocenters. The lowest BCUT2D eigenvalue weighted by atomic mass is 9.63. The number of non-ortho nitro benzene ring substituents is 1. The predicted molar refractivity (Wildman–Crippen MR) is 158 cm³/mol. The molecule has 12 nitrogen and oxygen atoms in total. The van der Waals surface area contributed by atoms with Gasteiger partial charge in [-0.3, -0.25) is 34.6 Å². The third-order valence-corrected chi connectivity index (χ3v) is 8.40. The number of nitro groups is 2. The van der Waals surface area contributed by atoms with Crippen LogP contribution in [0.1, 0.15) is 64.9 Å². The van der Waals surface area contributed by atoms with Gasteiger partial charge >= 0.3 is 11.7 Å². The van der Waals surface area contributed by atoms with Crippen LogP contribution in [0.3, 0.4) is 0 Å². The van der Waals surface area contributed by atoms with E-state index in [9.17, 15) is 39.7 Å². The van der Waals surface area contributed by atoms with Crippen LogP contribution < -0.4 is 4.74 Å². The lowest BCUT2D eigenvalue weighted by Crippen LogP contribution is -2.45. The van der Waals surface area contributed by atoms with E-state index in [0.717, 1.165) is 18.2 Å². The number of halogens is 1. The zero-order valence-corrected chi connectivity index (χ0v) is 25.3. The summed E-state index contributed by atoms with van der Waals surface area (Å²) in [7, 11) is 0. The quantitative estimate of drug-likeness (QED) is 0.258. The molecule has 1 aliphatic heterocycles. The third kappa shape index (κ3) is 5.69. The molecule has 3 aliphatic rings. The second kappa shape index (κ2) is 10.8. The highest BCUT2D eigenvalue weighted by molar-refractivity contribution is 6.30. The lowest BCUT2D eigenvalue weighted by Gasteiger charge is -2.48. The summed E-state index contributed by atoms with van der Waals surface area (Å²) in [6.45, 7) is 7.24. The fraction of sp³-hybridized carbons (Fsp3) is 0.387. The summed E-state index contributed by atoms with van der Waals surface area (Å²) < 4.78 is 6.05. The van der Waals surface area contributed by atoms with Crippen molar-refractivity contribution in [1.82, 2.24) is 4.90 Å². The fourth-order valence-electron chi connectivity index (χ4n) is 6.49. The average Bonchev–Trinajstić information content (AvgIpc) is 2.89. The van der Waals surface area contributed by atoms with Gasteiger partial charge in [-0.15, -0.1) is 0 Å². The number of nitrogens with zero attached hydrogens (tertiary/aromatic N) is 3. The minimum Gasteiger partial charge on any atom is -0.480 e. The number of allylic oxidation sites excluding steroid dienone is 4. The highest BCUT2D eigenvalue weighted by atomic mass is 35.5. The van der Waals surface area contributed by atoms with Crippen LogP contribution in [0, 0.1) is 31.1 Å². The first kappa shape index (κ1) is 30.9. The Morgan fingerprint density at radius 3 is 1.95 bits per heavy atom. The Morgan fingerprint density at radius 1 is 0.909 bits per heavy atom. The van der Waals surface area contributed by atoms with Gasteiger partial charge in [-0.05, 0) is 47.9 Å². The smallest absolute Gasteiger partial charge is 0.323 e. The molecule has 0 atom stereocenters. The Bertz CT molecular complexity index is 1670.